The number of hydrogen-bond donors (Lipinski definition) is 3. The third kappa shape index (κ3) is 6.11. The van der Waals surface area contributed by atoms with Crippen molar-refractivity contribution in [1.82, 2.24) is 5.32 Å². The number of nitrogens with one attached hydrogen (secondary N) is 2. The maximum Gasteiger partial charge on any atom is 0.253 e. The van der Waals surface area contributed by atoms with Gasteiger partial charge in [0.15, 0.2) is 5.96 Å². The van der Waals surface area contributed by atoms with Gasteiger partial charge in [0.25, 0.3) is 5.91 Å². The van der Waals surface area contributed by atoms with Crippen molar-refractivity contribution < 1.29 is 9.53 Å². The summed E-state index contributed by atoms with van der Waals surface area (Å²) >= 11 is 0. The quantitative estimate of drug-likeness (QED) is 0.519. The van der Waals surface area contributed by atoms with E-state index < -0.39 is 0 Å². The van der Waals surface area contributed by atoms with Crippen molar-refractivity contribution in [2.75, 3.05) is 18.5 Å². The summed E-state index contributed by atoms with van der Waals surface area (Å²) in [6, 6.07) is 17.9. The molecule has 6 heteroatoms. The van der Waals surface area contributed by atoms with Crippen molar-refractivity contribution in [3.8, 4) is 0 Å². The Hall–Kier alpha value is -2.86. The van der Waals surface area contributed by atoms with E-state index in [0.29, 0.717) is 19.1 Å². The van der Waals surface area contributed by atoms with Crippen molar-refractivity contribution in [3.05, 3.63) is 65.7 Å². The number of anilines is 1. The molecule has 3 rings (SSSR count). The van der Waals surface area contributed by atoms with Gasteiger partial charge in [-0.25, -0.2) is 4.99 Å². The number of carbonyl (C=O) groups is 1. The summed E-state index contributed by atoms with van der Waals surface area (Å²) in [6.45, 7) is 1.84. The van der Waals surface area contributed by atoms with Crippen LogP contribution in [0.25, 0.3) is 0 Å². The topological polar surface area (TPSA) is 88.7 Å². The SMILES string of the molecule is NC(=NCc1cccc(NC(=O)C2CCCO2)c1)NCCc1ccccc1. The molecule has 0 spiro atoms. The van der Waals surface area contributed by atoms with Gasteiger partial charge in [0.2, 0.25) is 0 Å². The van der Waals surface area contributed by atoms with Crippen LogP contribution >= 0.6 is 0 Å². The first-order valence-corrected chi connectivity index (χ1v) is 9.30. The largest absolute Gasteiger partial charge is 0.370 e. The van der Waals surface area contributed by atoms with Crippen molar-refractivity contribution in [3.63, 3.8) is 0 Å². The molecule has 2 aromatic rings. The number of benzene rings is 2. The number of rotatable bonds is 7. The number of guanidine groups is 1. The maximum absolute atomic E-state index is 12.1. The van der Waals surface area contributed by atoms with E-state index in [1.165, 1.54) is 5.56 Å². The molecule has 1 unspecified atom stereocenters. The molecule has 0 radical (unpaired) electrons. The lowest BCUT2D eigenvalue weighted by molar-refractivity contribution is -0.124. The monoisotopic (exact) mass is 366 g/mol. The molecule has 0 aromatic heterocycles. The van der Waals surface area contributed by atoms with Crippen LogP contribution in [0.2, 0.25) is 0 Å². The van der Waals surface area contributed by atoms with Gasteiger partial charge in [-0.3, -0.25) is 4.79 Å². The second kappa shape index (κ2) is 9.73. The smallest absolute Gasteiger partial charge is 0.253 e. The fourth-order valence-electron chi connectivity index (χ4n) is 2.97. The standard InChI is InChI=1S/C21H26N4O2/c22-21(23-12-11-16-6-2-1-3-7-16)24-15-17-8-4-9-18(14-17)25-20(26)19-10-5-13-27-19/h1-4,6-9,14,19H,5,10-13,15H2,(H,25,26)(H3,22,23,24). The van der Waals surface area contributed by atoms with Gasteiger partial charge in [0.05, 0.1) is 6.54 Å². The second-order valence-corrected chi connectivity index (χ2v) is 6.56. The Labute approximate surface area is 159 Å². The number of carbonyl (C=O) groups excluding carboxylic acids is 1. The molecule has 1 fully saturated rings. The zero-order valence-electron chi connectivity index (χ0n) is 15.4. The summed E-state index contributed by atoms with van der Waals surface area (Å²) in [7, 11) is 0. The Morgan fingerprint density at radius 1 is 1.15 bits per heavy atom. The molecule has 0 bridgehead atoms. The van der Waals surface area contributed by atoms with Crippen LogP contribution in [0, 0.1) is 0 Å². The van der Waals surface area contributed by atoms with E-state index in [9.17, 15) is 4.79 Å². The first kappa shape index (κ1) is 18.9. The maximum atomic E-state index is 12.1. The number of ether oxygens (including phenoxy) is 1. The molecule has 0 saturated carbocycles. The Bertz CT molecular complexity index is 771. The van der Waals surface area contributed by atoms with Crippen LogP contribution in [-0.2, 0) is 22.5 Å². The molecule has 1 amide bonds. The van der Waals surface area contributed by atoms with Gasteiger partial charge in [-0.1, -0.05) is 42.5 Å². The van der Waals surface area contributed by atoms with Crippen LogP contribution in [-0.4, -0.2) is 31.1 Å². The first-order chi connectivity index (χ1) is 13.2. The fourth-order valence-corrected chi connectivity index (χ4v) is 2.97. The lowest BCUT2D eigenvalue weighted by Gasteiger charge is -2.11. The van der Waals surface area contributed by atoms with Crippen molar-refractivity contribution in [1.29, 1.82) is 0 Å². The first-order valence-electron chi connectivity index (χ1n) is 9.30. The zero-order valence-corrected chi connectivity index (χ0v) is 15.4. The molecule has 1 atom stereocenters. The minimum atomic E-state index is -0.337. The number of amides is 1. The van der Waals surface area contributed by atoms with Crippen molar-refractivity contribution in [2.45, 2.75) is 31.9 Å². The van der Waals surface area contributed by atoms with E-state index in [4.69, 9.17) is 10.5 Å². The van der Waals surface area contributed by atoms with E-state index in [-0.39, 0.29) is 12.0 Å². The van der Waals surface area contributed by atoms with Gasteiger partial charge >= 0.3 is 0 Å². The molecular formula is C21H26N4O2. The van der Waals surface area contributed by atoms with Crippen LogP contribution in [0.15, 0.2) is 59.6 Å². The van der Waals surface area contributed by atoms with E-state index in [2.05, 4.69) is 27.8 Å². The lowest BCUT2D eigenvalue weighted by Crippen LogP contribution is -2.33. The number of hydrogen-bond acceptors (Lipinski definition) is 3. The average molecular weight is 366 g/mol. The molecule has 142 valence electrons. The van der Waals surface area contributed by atoms with Gasteiger partial charge in [-0.05, 0) is 42.5 Å². The number of aliphatic imine (C=N–C) groups is 1. The molecule has 6 nitrogen and oxygen atoms in total. The van der Waals surface area contributed by atoms with Gasteiger partial charge in [-0.15, -0.1) is 0 Å². The lowest BCUT2D eigenvalue weighted by atomic mass is 10.1. The molecule has 1 aliphatic rings. The average Bonchev–Trinajstić information content (AvgIpc) is 3.23. The minimum Gasteiger partial charge on any atom is -0.370 e. The van der Waals surface area contributed by atoms with E-state index in [1.54, 1.807) is 0 Å². The number of nitrogens with zero attached hydrogens (tertiary/aromatic N) is 1. The summed E-state index contributed by atoms with van der Waals surface area (Å²) in [5.74, 6) is 0.329. The highest BCUT2D eigenvalue weighted by Crippen LogP contribution is 2.16. The predicted octanol–water partition coefficient (Wildman–Crippen LogP) is 2.45. The van der Waals surface area contributed by atoms with Crippen LogP contribution in [0.4, 0.5) is 5.69 Å². The Balaban J connectivity index is 1.46. The summed E-state index contributed by atoms with van der Waals surface area (Å²) in [6.07, 6.45) is 2.27. The molecule has 1 aliphatic heterocycles. The Morgan fingerprint density at radius 2 is 1.96 bits per heavy atom. The summed E-state index contributed by atoms with van der Waals surface area (Å²) < 4.78 is 5.41. The fraction of sp³-hybridized carbons (Fsp3) is 0.333. The molecule has 2 aromatic carbocycles. The highest BCUT2D eigenvalue weighted by atomic mass is 16.5. The molecule has 27 heavy (non-hydrogen) atoms. The zero-order chi connectivity index (χ0) is 18.9. The van der Waals surface area contributed by atoms with E-state index in [1.807, 2.05) is 42.5 Å². The van der Waals surface area contributed by atoms with Crippen LogP contribution < -0.4 is 16.4 Å². The van der Waals surface area contributed by atoms with Gasteiger partial charge in [0, 0.05) is 18.8 Å². The third-order valence-electron chi connectivity index (χ3n) is 4.41. The van der Waals surface area contributed by atoms with Gasteiger partial charge in [-0.2, -0.15) is 0 Å². The predicted molar refractivity (Wildman–Crippen MR) is 108 cm³/mol. The van der Waals surface area contributed by atoms with Crippen LogP contribution in [0.3, 0.4) is 0 Å². The number of nitrogens with two attached hydrogens (primary N) is 1. The molecule has 1 heterocycles. The van der Waals surface area contributed by atoms with Gasteiger partial charge < -0.3 is 21.1 Å². The van der Waals surface area contributed by atoms with E-state index >= 15 is 0 Å². The van der Waals surface area contributed by atoms with Crippen LogP contribution in [0.5, 0.6) is 0 Å². The van der Waals surface area contributed by atoms with Crippen molar-refractivity contribution in [2.24, 2.45) is 10.7 Å². The molecule has 1 saturated heterocycles. The third-order valence-corrected chi connectivity index (χ3v) is 4.41. The summed E-state index contributed by atoms with van der Waals surface area (Å²) in [5, 5.41) is 6.03. The minimum absolute atomic E-state index is 0.0877. The molecular weight excluding hydrogens is 340 g/mol. The summed E-state index contributed by atoms with van der Waals surface area (Å²) in [4.78, 5) is 16.5. The highest BCUT2D eigenvalue weighted by Gasteiger charge is 2.23. The van der Waals surface area contributed by atoms with Gasteiger partial charge in [0.1, 0.15) is 6.10 Å². The summed E-state index contributed by atoms with van der Waals surface area (Å²) in [5.41, 5.74) is 8.93. The van der Waals surface area contributed by atoms with E-state index in [0.717, 1.165) is 37.1 Å². The Kier molecular flexibility index (Phi) is 6.82. The highest BCUT2D eigenvalue weighted by molar-refractivity contribution is 5.94. The second-order valence-electron chi connectivity index (χ2n) is 6.56. The molecule has 4 N–H and O–H groups in total. The normalized spacial score (nSPS) is 16.9. The Morgan fingerprint density at radius 3 is 2.74 bits per heavy atom. The van der Waals surface area contributed by atoms with Crippen molar-refractivity contribution >= 4 is 17.6 Å². The molecule has 0 aliphatic carbocycles. The van der Waals surface area contributed by atoms with Crippen LogP contribution in [0.1, 0.15) is 24.0 Å².